The molecule has 0 aliphatic heterocycles. The maximum absolute atomic E-state index is 12.7. The Balaban J connectivity index is 1.70. The van der Waals surface area contributed by atoms with Gasteiger partial charge < -0.3 is 19.8 Å². The summed E-state index contributed by atoms with van der Waals surface area (Å²) in [6.45, 7) is 2.16. The molecular formula is C22H22N2O5. The molecule has 2 aromatic carbocycles. The summed E-state index contributed by atoms with van der Waals surface area (Å²) in [6, 6.07) is 16.0. The number of rotatable bonds is 8. The SMILES string of the molecule is Cc1cc(=O)oc2cc(OCC(=O)N(CCC(N)=O)Cc3ccccc3)ccc12. The molecule has 2 N–H and O–H groups in total. The fourth-order valence-corrected chi connectivity index (χ4v) is 2.97. The lowest BCUT2D eigenvalue weighted by atomic mass is 10.1. The van der Waals surface area contributed by atoms with E-state index in [2.05, 4.69) is 0 Å². The van der Waals surface area contributed by atoms with Gasteiger partial charge in [0.25, 0.3) is 5.91 Å². The summed E-state index contributed by atoms with van der Waals surface area (Å²) >= 11 is 0. The van der Waals surface area contributed by atoms with E-state index in [9.17, 15) is 14.4 Å². The summed E-state index contributed by atoms with van der Waals surface area (Å²) in [5.41, 5.74) is 6.93. The van der Waals surface area contributed by atoms with Gasteiger partial charge in [0.15, 0.2) is 6.61 Å². The number of ether oxygens (including phenoxy) is 1. The van der Waals surface area contributed by atoms with E-state index in [1.807, 2.05) is 37.3 Å². The van der Waals surface area contributed by atoms with E-state index in [1.165, 1.54) is 11.0 Å². The fraction of sp³-hybridized carbons (Fsp3) is 0.227. The van der Waals surface area contributed by atoms with Gasteiger partial charge in [-0.25, -0.2) is 4.79 Å². The summed E-state index contributed by atoms with van der Waals surface area (Å²) in [5.74, 6) is -0.341. The first-order valence-electron chi connectivity index (χ1n) is 9.19. The second-order valence-corrected chi connectivity index (χ2v) is 6.71. The number of carbonyl (C=O) groups excluding carboxylic acids is 2. The normalized spacial score (nSPS) is 10.7. The molecule has 0 bridgehead atoms. The van der Waals surface area contributed by atoms with Crippen molar-refractivity contribution in [2.24, 2.45) is 5.73 Å². The standard InChI is InChI=1S/C22H22N2O5/c1-15-11-22(27)29-19-12-17(7-8-18(15)19)28-14-21(26)24(10-9-20(23)25)13-16-5-3-2-4-6-16/h2-8,11-12H,9-10,13-14H2,1H3,(H2,23,25). The van der Waals surface area contributed by atoms with Crippen molar-refractivity contribution in [2.45, 2.75) is 19.9 Å². The quantitative estimate of drug-likeness (QED) is 0.591. The number of fused-ring (bicyclic) bond motifs is 1. The van der Waals surface area contributed by atoms with Crippen LogP contribution in [0.4, 0.5) is 0 Å². The number of nitrogens with zero attached hydrogens (tertiary/aromatic N) is 1. The third-order valence-electron chi connectivity index (χ3n) is 4.48. The first kappa shape index (κ1) is 20.1. The van der Waals surface area contributed by atoms with Crippen molar-refractivity contribution in [1.29, 1.82) is 0 Å². The average molecular weight is 394 g/mol. The number of primary amides is 1. The van der Waals surface area contributed by atoms with Gasteiger partial charge in [0.05, 0.1) is 0 Å². The molecule has 150 valence electrons. The lowest BCUT2D eigenvalue weighted by Gasteiger charge is -2.22. The highest BCUT2D eigenvalue weighted by atomic mass is 16.5. The van der Waals surface area contributed by atoms with Gasteiger partial charge in [-0.15, -0.1) is 0 Å². The van der Waals surface area contributed by atoms with Crippen LogP contribution in [0.5, 0.6) is 5.75 Å². The summed E-state index contributed by atoms with van der Waals surface area (Å²) in [4.78, 5) is 36.9. The summed E-state index contributed by atoms with van der Waals surface area (Å²) in [5, 5.41) is 0.801. The smallest absolute Gasteiger partial charge is 0.336 e. The molecule has 3 rings (SSSR count). The number of amides is 2. The molecule has 0 saturated heterocycles. The minimum atomic E-state index is -0.475. The van der Waals surface area contributed by atoms with Crippen LogP contribution in [-0.2, 0) is 16.1 Å². The molecule has 0 spiro atoms. The third kappa shape index (κ3) is 5.44. The molecule has 0 atom stereocenters. The number of hydrogen-bond donors (Lipinski definition) is 1. The summed E-state index contributed by atoms with van der Waals surface area (Å²) in [6.07, 6.45) is 0.0684. The third-order valence-corrected chi connectivity index (χ3v) is 4.48. The van der Waals surface area contributed by atoms with Crippen LogP contribution in [0.15, 0.2) is 63.8 Å². The van der Waals surface area contributed by atoms with E-state index in [4.69, 9.17) is 14.9 Å². The molecule has 1 aromatic heterocycles. The number of nitrogens with two attached hydrogens (primary N) is 1. The number of benzene rings is 2. The highest BCUT2D eigenvalue weighted by Crippen LogP contribution is 2.22. The Morgan fingerprint density at radius 3 is 2.59 bits per heavy atom. The van der Waals surface area contributed by atoms with Crippen LogP contribution in [0.1, 0.15) is 17.5 Å². The molecule has 0 aliphatic rings. The predicted octanol–water partition coefficient (Wildman–Crippen LogP) is 2.38. The van der Waals surface area contributed by atoms with Gasteiger partial charge in [0.2, 0.25) is 5.91 Å². The zero-order valence-corrected chi connectivity index (χ0v) is 16.1. The van der Waals surface area contributed by atoms with Gasteiger partial charge >= 0.3 is 5.63 Å². The second kappa shape index (κ2) is 9.05. The maximum Gasteiger partial charge on any atom is 0.336 e. The van der Waals surface area contributed by atoms with E-state index >= 15 is 0 Å². The van der Waals surface area contributed by atoms with Crippen LogP contribution >= 0.6 is 0 Å². The second-order valence-electron chi connectivity index (χ2n) is 6.71. The lowest BCUT2D eigenvalue weighted by Crippen LogP contribution is -2.36. The molecule has 3 aromatic rings. The van der Waals surface area contributed by atoms with Crippen molar-refractivity contribution in [2.75, 3.05) is 13.2 Å². The zero-order chi connectivity index (χ0) is 20.8. The Hall–Kier alpha value is -3.61. The molecule has 0 unspecified atom stereocenters. The molecule has 0 aliphatic carbocycles. The Morgan fingerprint density at radius 1 is 1.10 bits per heavy atom. The topological polar surface area (TPSA) is 103 Å². The molecule has 7 nitrogen and oxygen atoms in total. The van der Waals surface area contributed by atoms with Gasteiger partial charge in [-0.3, -0.25) is 9.59 Å². The average Bonchev–Trinajstić information content (AvgIpc) is 2.69. The molecule has 0 radical (unpaired) electrons. The van der Waals surface area contributed by atoms with Gasteiger partial charge in [0, 0.05) is 37.0 Å². The van der Waals surface area contributed by atoms with Crippen molar-refractivity contribution in [1.82, 2.24) is 4.90 Å². The monoisotopic (exact) mass is 394 g/mol. The lowest BCUT2D eigenvalue weighted by molar-refractivity contribution is -0.134. The van der Waals surface area contributed by atoms with Crippen LogP contribution in [0.3, 0.4) is 0 Å². The van der Waals surface area contributed by atoms with Crippen LogP contribution in [0.25, 0.3) is 11.0 Å². The molecule has 29 heavy (non-hydrogen) atoms. The Labute approximate surface area is 167 Å². The van der Waals surface area contributed by atoms with E-state index in [0.29, 0.717) is 17.9 Å². The highest BCUT2D eigenvalue weighted by molar-refractivity contribution is 5.82. The van der Waals surface area contributed by atoms with Crippen molar-refractivity contribution in [3.8, 4) is 5.75 Å². The van der Waals surface area contributed by atoms with Gasteiger partial charge in [-0.2, -0.15) is 0 Å². The first-order valence-corrected chi connectivity index (χ1v) is 9.19. The molecular weight excluding hydrogens is 372 g/mol. The Bertz CT molecular complexity index is 1080. The molecule has 7 heteroatoms. The van der Waals surface area contributed by atoms with Crippen LogP contribution in [-0.4, -0.2) is 29.9 Å². The predicted molar refractivity (Wildman–Crippen MR) is 108 cm³/mol. The van der Waals surface area contributed by atoms with Gasteiger partial charge in [-0.1, -0.05) is 30.3 Å². The highest BCUT2D eigenvalue weighted by Gasteiger charge is 2.16. The zero-order valence-electron chi connectivity index (χ0n) is 16.1. The van der Waals surface area contributed by atoms with Crippen molar-refractivity contribution >= 4 is 22.8 Å². The molecule has 1 heterocycles. The maximum atomic E-state index is 12.7. The molecule has 2 amide bonds. The number of aryl methyl sites for hydroxylation is 1. The Kier molecular flexibility index (Phi) is 6.29. The van der Waals surface area contributed by atoms with E-state index in [0.717, 1.165) is 16.5 Å². The molecule has 0 saturated carbocycles. The van der Waals surface area contributed by atoms with E-state index in [-0.39, 0.29) is 25.5 Å². The van der Waals surface area contributed by atoms with Crippen molar-refractivity contribution in [3.05, 3.63) is 76.1 Å². The van der Waals surface area contributed by atoms with E-state index < -0.39 is 11.5 Å². The van der Waals surface area contributed by atoms with Crippen molar-refractivity contribution in [3.63, 3.8) is 0 Å². The first-order chi connectivity index (χ1) is 13.9. The van der Waals surface area contributed by atoms with Crippen LogP contribution in [0.2, 0.25) is 0 Å². The Morgan fingerprint density at radius 2 is 1.86 bits per heavy atom. The minimum Gasteiger partial charge on any atom is -0.484 e. The number of hydrogen-bond acceptors (Lipinski definition) is 5. The summed E-state index contributed by atoms with van der Waals surface area (Å²) < 4.78 is 10.8. The fourth-order valence-electron chi connectivity index (χ4n) is 2.97. The minimum absolute atomic E-state index is 0.0684. The van der Waals surface area contributed by atoms with Crippen LogP contribution in [0, 0.1) is 6.92 Å². The van der Waals surface area contributed by atoms with E-state index in [1.54, 1.807) is 18.2 Å². The largest absolute Gasteiger partial charge is 0.484 e. The summed E-state index contributed by atoms with van der Waals surface area (Å²) in [7, 11) is 0. The van der Waals surface area contributed by atoms with Crippen molar-refractivity contribution < 1.29 is 18.7 Å². The molecule has 0 fully saturated rings. The van der Waals surface area contributed by atoms with Gasteiger partial charge in [0.1, 0.15) is 11.3 Å². The number of carbonyl (C=O) groups is 2. The van der Waals surface area contributed by atoms with Crippen LogP contribution < -0.4 is 16.1 Å². The van der Waals surface area contributed by atoms with Gasteiger partial charge in [-0.05, 0) is 30.2 Å².